The molecule has 0 amide bonds. The van der Waals surface area contributed by atoms with E-state index in [0.717, 1.165) is 0 Å². The van der Waals surface area contributed by atoms with Crippen LogP contribution in [0, 0.1) is 0 Å². The molecule has 0 aliphatic heterocycles. The molecular weight excluding hydrogens is 269 g/mol. The van der Waals surface area contributed by atoms with Gasteiger partial charge in [-0.2, -0.15) is 18.3 Å². The fourth-order valence-electron chi connectivity index (χ4n) is 1.42. The average Bonchev–Trinajstić information content (AvgIpc) is 2.61. The van der Waals surface area contributed by atoms with E-state index < -0.39 is 12.6 Å². The molecule has 4 nitrogen and oxygen atoms in total. The van der Waals surface area contributed by atoms with Crippen molar-refractivity contribution in [1.82, 2.24) is 19.7 Å². The smallest absolute Gasteiger partial charge is 0.275 e. The maximum atomic E-state index is 12.3. The molecule has 18 heavy (non-hydrogen) atoms. The highest BCUT2D eigenvalue weighted by Crippen LogP contribution is 2.23. The second-order valence-corrected chi connectivity index (χ2v) is 4.07. The Morgan fingerprint density at radius 2 is 2.06 bits per heavy atom. The first-order valence-electron chi connectivity index (χ1n) is 4.93. The summed E-state index contributed by atoms with van der Waals surface area (Å²) in [5.74, 6) is -0.353. The summed E-state index contributed by atoms with van der Waals surface area (Å²) in [6.45, 7) is 0. The molecule has 2 aromatic heterocycles. The Morgan fingerprint density at radius 3 is 2.61 bits per heavy atom. The van der Waals surface area contributed by atoms with Crippen molar-refractivity contribution in [1.29, 1.82) is 0 Å². The van der Waals surface area contributed by atoms with Crippen LogP contribution in [0.1, 0.15) is 5.82 Å². The lowest BCUT2D eigenvalue weighted by molar-refractivity contribution is -0.128. The van der Waals surface area contributed by atoms with E-state index in [1.165, 1.54) is 16.9 Å². The second-order valence-electron chi connectivity index (χ2n) is 3.69. The van der Waals surface area contributed by atoms with Gasteiger partial charge in [-0.3, -0.25) is 4.68 Å². The van der Waals surface area contributed by atoms with Crippen LogP contribution in [0.25, 0.3) is 11.3 Å². The minimum atomic E-state index is -4.36. The number of hydrogen-bond donors (Lipinski definition) is 0. The van der Waals surface area contributed by atoms with Crippen molar-refractivity contribution in [3.8, 4) is 11.3 Å². The molecule has 2 aromatic rings. The van der Waals surface area contributed by atoms with Crippen LogP contribution in [0.4, 0.5) is 13.2 Å². The van der Waals surface area contributed by atoms with Crippen LogP contribution in [-0.4, -0.2) is 25.9 Å². The van der Waals surface area contributed by atoms with Gasteiger partial charge in [-0.15, -0.1) is 0 Å². The fraction of sp³-hybridized carbons (Fsp3) is 0.300. The van der Waals surface area contributed by atoms with Crippen molar-refractivity contribution in [2.45, 2.75) is 12.6 Å². The van der Waals surface area contributed by atoms with Gasteiger partial charge in [0.15, 0.2) is 0 Å². The quantitative estimate of drug-likeness (QED) is 0.792. The summed E-state index contributed by atoms with van der Waals surface area (Å²) in [5.41, 5.74) is 0.910. The third-order valence-electron chi connectivity index (χ3n) is 2.10. The van der Waals surface area contributed by atoms with Gasteiger partial charge < -0.3 is 0 Å². The van der Waals surface area contributed by atoms with E-state index in [4.69, 9.17) is 11.6 Å². The van der Waals surface area contributed by atoms with Crippen LogP contribution in [0.15, 0.2) is 18.5 Å². The zero-order chi connectivity index (χ0) is 13.3. The molecular formula is C10H8ClF3N4. The largest absolute Gasteiger partial charge is 0.396 e. The molecule has 96 valence electrons. The lowest BCUT2D eigenvalue weighted by Crippen LogP contribution is -2.14. The average molecular weight is 277 g/mol. The van der Waals surface area contributed by atoms with Gasteiger partial charge in [0.05, 0.1) is 11.9 Å². The maximum Gasteiger partial charge on any atom is 0.396 e. The van der Waals surface area contributed by atoms with Crippen LogP contribution in [0.5, 0.6) is 0 Å². The van der Waals surface area contributed by atoms with E-state index in [-0.39, 0.29) is 11.0 Å². The Hall–Kier alpha value is -1.63. The Bertz CT molecular complexity index is 564. The Balaban J connectivity index is 2.38. The van der Waals surface area contributed by atoms with Gasteiger partial charge in [-0.05, 0) is 0 Å². The number of nitrogens with zero attached hydrogens (tertiary/aromatic N) is 4. The second kappa shape index (κ2) is 4.56. The molecule has 0 bridgehead atoms. The highest BCUT2D eigenvalue weighted by Gasteiger charge is 2.29. The molecule has 0 aromatic carbocycles. The summed E-state index contributed by atoms with van der Waals surface area (Å²) in [6.07, 6.45) is -2.44. The van der Waals surface area contributed by atoms with Crippen LogP contribution in [0.2, 0.25) is 5.15 Å². The highest BCUT2D eigenvalue weighted by atomic mass is 35.5. The van der Waals surface area contributed by atoms with E-state index in [1.807, 2.05) is 0 Å². The normalized spacial score (nSPS) is 11.8. The number of aromatic nitrogens is 4. The number of halogens is 4. The van der Waals surface area contributed by atoms with E-state index in [0.29, 0.717) is 11.3 Å². The van der Waals surface area contributed by atoms with Crippen LogP contribution in [-0.2, 0) is 13.5 Å². The van der Waals surface area contributed by atoms with E-state index in [1.54, 1.807) is 13.2 Å². The first-order chi connectivity index (χ1) is 8.33. The molecule has 0 fully saturated rings. The zero-order valence-electron chi connectivity index (χ0n) is 9.24. The minimum absolute atomic E-state index is 0.0249. The third kappa shape index (κ3) is 3.19. The summed E-state index contributed by atoms with van der Waals surface area (Å²) >= 11 is 5.69. The molecule has 2 heterocycles. The number of alkyl halides is 3. The van der Waals surface area contributed by atoms with Crippen molar-refractivity contribution in [2.24, 2.45) is 7.05 Å². The Labute approximate surface area is 105 Å². The summed E-state index contributed by atoms with van der Waals surface area (Å²) in [4.78, 5) is 7.39. The van der Waals surface area contributed by atoms with Crippen molar-refractivity contribution in [3.63, 3.8) is 0 Å². The molecule has 8 heteroatoms. The first-order valence-corrected chi connectivity index (χ1v) is 5.30. The van der Waals surface area contributed by atoms with E-state index in [2.05, 4.69) is 15.1 Å². The molecule has 0 N–H and O–H groups in total. The minimum Gasteiger partial charge on any atom is -0.275 e. The zero-order valence-corrected chi connectivity index (χ0v) is 10.00. The summed E-state index contributed by atoms with van der Waals surface area (Å²) < 4.78 is 38.3. The van der Waals surface area contributed by atoms with Gasteiger partial charge >= 0.3 is 6.18 Å². The van der Waals surface area contributed by atoms with Gasteiger partial charge in [0, 0.05) is 24.9 Å². The van der Waals surface area contributed by atoms with Crippen LogP contribution < -0.4 is 0 Å². The summed E-state index contributed by atoms with van der Waals surface area (Å²) in [5, 5.41) is 3.89. The maximum absolute atomic E-state index is 12.3. The molecule has 0 atom stereocenters. The standard InChI is InChI=1S/C10H8ClF3N4/c1-18-5-6(4-15-18)7-2-8(11)17-9(16-7)3-10(12,13)14/h2,4-5H,3H2,1H3. The highest BCUT2D eigenvalue weighted by molar-refractivity contribution is 6.29. The van der Waals surface area contributed by atoms with Crippen molar-refractivity contribution >= 4 is 11.6 Å². The van der Waals surface area contributed by atoms with Crippen molar-refractivity contribution < 1.29 is 13.2 Å². The lowest BCUT2D eigenvalue weighted by atomic mass is 10.2. The molecule has 0 aliphatic rings. The van der Waals surface area contributed by atoms with Gasteiger partial charge in [0.2, 0.25) is 0 Å². The molecule has 0 unspecified atom stereocenters. The summed E-state index contributed by atoms with van der Waals surface area (Å²) in [6, 6.07) is 1.40. The van der Waals surface area contributed by atoms with Gasteiger partial charge in [0.1, 0.15) is 17.4 Å². The predicted octanol–water partition coefficient (Wildman–Crippen LogP) is 2.64. The van der Waals surface area contributed by atoms with Crippen molar-refractivity contribution in [2.75, 3.05) is 0 Å². The summed E-state index contributed by atoms with van der Waals surface area (Å²) in [7, 11) is 1.70. The van der Waals surface area contributed by atoms with E-state index >= 15 is 0 Å². The molecule has 0 saturated heterocycles. The van der Waals surface area contributed by atoms with E-state index in [9.17, 15) is 13.2 Å². The Kier molecular flexibility index (Phi) is 3.25. The molecule has 0 radical (unpaired) electrons. The van der Waals surface area contributed by atoms with Gasteiger partial charge in [-0.1, -0.05) is 11.6 Å². The first kappa shape index (κ1) is 12.8. The van der Waals surface area contributed by atoms with Gasteiger partial charge in [-0.25, -0.2) is 9.97 Å². The SMILES string of the molecule is Cn1cc(-c2cc(Cl)nc(CC(F)(F)F)n2)cn1. The number of aryl methyl sites for hydroxylation is 1. The van der Waals surface area contributed by atoms with Crippen LogP contribution in [0.3, 0.4) is 0 Å². The number of hydrogen-bond acceptors (Lipinski definition) is 3. The molecule has 2 rings (SSSR count). The van der Waals surface area contributed by atoms with Crippen LogP contribution >= 0.6 is 11.6 Å². The topological polar surface area (TPSA) is 43.6 Å². The third-order valence-corrected chi connectivity index (χ3v) is 2.29. The van der Waals surface area contributed by atoms with Gasteiger partial charge in [0.25, 0.3) is 0 Å². The Morgan fingerprint density at radius 1 is 1.33 bits per heavy atom. The molecule has 0 aliphatic carbocycles. The monoisotopic (exact) mass is 276 g/mol. The fourth-order valence-corrected chi connectivity index (χ4v) is 1.63. The number of rotatable bonds is 2. The van der Waals surface area contributed by atoms with Crippen molar-refractivity contribution in [3.05, 3.63) is 29.4 Å². The molecule has 0 spiro atoms. The lowest BCUT2D eigenvalue weighted by Gasteiger charge is -2.06. The predicted molar refractivity (Wildman–Crippen MR) is 59.0 cm³/mol. The molecule has 0 saturated carbocycles.